The van der Waals surface area contributed by atoms with E-state index in [9.17, 15) is 13.6 Å². The number of benzene rings is 2. The summed E-state index contributed by atoms with van der Waals surface area (Å²) in [6, 6.07) is 11.4. The van der Waals surface area contributed by atoms with Crippen LogP contribution in [0.2, 0.25) is 0 Å². The summed E-state index contributed by atoms with van der Waals surface area (Å²) in [5.74, 6) is -1.91. The van der Waals surface area contributed by atoms with Gasteiger partial charge in [-0.2, -0.15) is 4.98 Å². The molecule has 1 amide bonds. The highest BCUT2D eigenvalue weighted by Crippen LogP contribution is 2.35. The third-order valence-electron chi connectivity index (χ3n) is 5.09. The Balaban J connectivity index is 1.30. The Morgan fingerprint density at radius 2 is 2.00 bits per heavy atom. The zero-order valence-electron chi connectivity index (χ0n) is 16.7. The summed E-state index contributed by atoms with van der Waals surface area (Å²) in [5.41, 5.74) is 3.19. The third-order valence-corrected chi connectivity index (χ3v) is 7.32. The quantitative estimate of drug-likeness (QED) is 0.339. The van der Waals surface area contributed by atoms with Crippen LogP contribution in [0.25, 0.3) is 10.3 Å². The molecule has 0 bridgehead atoms. The van der Waals surface area contributed by atoms with Crippen molar-refractivity contribution >= 4 is 50.2 Å². The molecule has 0 spiro atoms. The number of nitrogens with one attached hydrogen (secondary N) is 1. The van der Waals surface area contributed by atoms with E-state index in [1.54, 1.807) is 0 Å². The number of thiazole rings is 1. The fraction of sp³-hybridized carbons (Fsp3) is 0.182. The van der Waals surface area contributed by atoms with Crippen molar-refractivity contribution in [2.24, 2.45) is 0 Å². The Kier molecular flexibility index (Phi) is 5.71. The van der Waals surface area contributed by atoms with Crippen molar-refractivity contribution in [3.8, 4) is 0 Å². The first kappa shape index (κ1) is 20.8. The Bertz CT molecular complexity index is 1310. The number of carbonyl (C=O) groups is 1. The number of halogens is 2. The van der Waals surface area contributed by atoms with E-state index in [4.69, 9.17) is 0 Å². The van der Waals surface area contributed by atoms with Gasteiger partial charge < -0.3 is 10.2 Å². The van der Waals surface area contributed by atoms with Gasteiger partial charge in [-0.3, -0.25) is 4.79 Å². The lowest BCUT2D eigenvalue weighted by Crippen LogP contribution is -2.30. The average Bonchev–Trinajstić information content (AvgIpc) is 3.24. The molecule has 4 aromatic rings. The first-order valence-corrected chi connectivity index (χ1v) is 11.7. The monoisotopic (exact) mass is 469 g/mol. The summed E-state index contributed by atoms with van der Waals surface area (Å²) >= 11 is 2.73. The van der Waals surface area contributed by atoms with E-state index in [2.05, 4.69) is 43.4 Å². The smallest absolute Gasteiger partial charge is 0.234 e. The van der Waals surface area contributed by atoms with Crippen LogP contribution in [0, 0.1) is 11.6 Å². The highest BCUT2D eigenvalue weighted by molar-refractivity contribution is 8.00. The van der Waals surface area contributed by atoms with E-state index in [1.807, 2.05) is 6.07 Å². The number of amides is 1. The Morgan fingerprint density at radius 3 is 2.84 bits per heavy atom. The van der Waals surface area contributed by atoms with E-state index in [-0.39, 0.29) is 11.4 Å². The van der Waals surface area contributed by atoms with E-state index in [1.165, 1.54) is 46.6 Å². The van der Waals surface area contributed by atoms with Crippen LogP contribution >= 0.6 is 23.1 Å². The first-order chi connectivity index (χ1) is 15.6. The lowest BCUT2D eigenvalue weighted by Gasteiger charge is -2.28. The van der Waals surface area contributed by atoms with Crippen molar-refractivity contribution < 1.29 is 13.6 Å². The van der Waals surface area contributed by atoms with Crippen LogP contribution in [0.1, 0.15) is 11.1 Å². The van der Waals surface area contributed by atoms with Gasteiger partial charge >= 0.3 is 0 Å². The van der Waals surface area contributed by atoms with Crippen LogP contribution in [0.5, 0.6) is 0 Å². The summed E-state index contributed by atoms with van der Waals surface area (Å²) in [6.07, 6.45) is 2.39. The van der Waals surface area contributed by atoms with Crippen LogP contribution < -0.4 is 10.2 Å². The van der Waals surface area contributed by atoms with Gasteiger partial charge in [0, 0.05) is 19.2 Å². The lowest BCUT2D eigenvalue weighted by molar-refractivity contribution is -0.113. The number of fused-ring (bicyclic) bond motifs is 2. The van der Waals surface area contributed by atoms with E-state index in [0.717, 1.165) is 41.5 Å². The maximum atomic E-state index is 13.8. The number of nitrogens with zero attached hydrogens (tertiary/aromatic N) is 4. The molecular formula is C22H17F2N5OS2. The minimum Gasteiger partial charge on any atom is -0.343 e. The Labute approximate surface area is 190 Å². The Morgan fingerprint density at radius 1 is 1.16 bits per heavy atom. The zero-order chi connectivity index (χ0) is 22.1. The van der Waals surface area contributed by atoms with Crippen molar-refractivity contribution in [3.05, 3.63) is 71.6 Å². The normalized spacial score (nSPS) is 13.2. The number of rotatable bonds is 5. The van der Waals surface area contributed by atoms with Gasteiger partial charge in [0.1, 0.15) is 27.7 Å². The summed E-state index contributed by atoms with van der Waals surface area (Å²) in [4.78, 5) is 27.8. The summed E-state index contributed by atoms with van der Waals surface area (Å²) in [6.45, 7) is 1.66. The summed E-state index contributed by atoms with van der Waals surface area (Å²) < 4.78 is 27.6. The van der Waals surface area contributed by atoms with Crippen LogP contribution in [0.15, 0.2) is 53.8 Å². The molecule has 0 atom stereocenters. The van der Waals surface area contributed by atoms with Crippen molar-refractivity contribution in [1.82, 2.24) is 15.0 Å². The number of aromatic nitrogens is 3. The van der Waals surface area contributed by atoms with Crippen LogP contribution in [0.3, 0.4) is 0 Å². The Hall–Kier alpha value is -3.11. The number of thioether (sulfide) groups is 1. The highest BCUT2D eigenvalue weighted by atomic mass is 32.2. The molecule has 162 valence electrons. The van der Waals surface area contributed by atoms with Crippen molar-refractivity contribution in [1.29, 1.82) is 0 Å². The van der Waals surface area contributed by atoms with Gasteiger partial charge in [-0.25, -0.2) is 18.7 Å². The molecule has 0 saturated carbocycles. The third kappa shape index (κ3) is 4.28. The second-order valence-electron chi connectivity index (χ2n) is 7.23. The molecule has 1 aliphatic rings. The van der Waals surface area contributed by atoms with Gasteiger partial charge in [0.2, 0.25) is 5.91 Å². The van der Waals surface area contributed by atoms with Gasteiger partial charge in [0.05, 0.1) is 11.4 Å². The molecule has 0 unspecified atom stereocenters. The molecule has 3 heterocycles. The minimum absolute atomic E-state index is 0.0211. The SMILES string of the molecule is O=C(CSc1ncnc2nc(N3CCc4ccccc4C3)sc12)Nc1ccc(F)cc1F. The van der Waals surface area contributed by atoms with Gasteiger partial charge in [-0.15, -0.1) is 0 Å². The maximum Gasteiger partial charge on any atom is 0.234 e. The lowest BCUT2D eigenvalue weighted by atomic mass is 10.0. The second-order valence-corrected chi connectivity index (χ2v) is 9.17. The van der Waals surface area contributed by atoms with Crippen molar-refractivity contribution in [3.63, 3.8) is 0 Å². The van der Waals surface area contributed by atoms with Crippen LogP contribution in [-0.4, -0.2) is 33.2 Å². The topological polar surface area (TPSA) is 71.0 Å². The number of carbonyl (C=O) groups excluding carboxylic acids is 1. The molecule has 1 N–H and O–H groups in total. The largest absolute Gasteiger partial charge is 0.343 e. The first-order valence-electron chi connectivity index (χ1n) is 9.88. The van der Waals surface area contributed by atoms with E-state index in [0.29, 0.717) is 10.7 Å². The van der Waals surface area contributed by atoms with Crippen LogP contribution in [-0.2, 0) is 17.8 Å². The van der Waals surface area contributed by atoms with Gasteiger partial charge in [0.15, 0.2) is 10.8 Å². The molecule has 0 fully saturated rings. The fourth-order valence-electron chi connectivity index (χ4n) is 3.53. The average molecular weight is 470 g/mol. The summed E-state index contributed by atoms with van der Waals surface area (Å²) in [5, 5.41) is 3.97. The molecule has 0 aliphatic carbocycles. The van der Waals surface area contributed by atoms with Crippen LogP contribution in [0.4, 0.5) is 19.6 Å². The van der Waals surface area contributed by atoms with Gasteiger partial charge in [-0.1, -0.05) is 47.4 Å². The molecule has 6 nitrogen and oxygen atoms in total. The predicted octanol–water partition coefficient (Wildman–Crippen LogP) is 4.66. The summed E-state index contributed by atoms with van der Waals surface area (Å²) in [7, 11) is 0. The van der Waals surface area contributed by atoms with Crippen molar-refractivity contribution in [2.75, 3.05) is 22.5 Å². The molecule has 2 aromatic carbocycles. The standard InChI is InChI=1S/C22H17F2N5OS2/c23-15-5-6-17(16(24)9-15)27-18(30)11-31-21-19-20(25-12-26-21)28-22(32-19)29-8-7-13-3-1-2-4-14(13)10-29/h1-6,9,12H,7-8,10-11H2,(H,27,30). The molecule has 0 saturated heterocycles. The molecule has 0 radical (unpaired) electrons. The number of anilines is 2. The van der Waals surface area contributed by atoms with Gasteiger partial charge in [0.25, 0.3) is 0 Å². The molecular weight excluding hydrogens is 452 g/mol. The fourth-order valence-corrected chi connectivity index (χ4v) is 5.45. The van der Waals surface area contributed by atoms with E-state index >= 15 is 0 Å². The number of hydrogen-bond acceptors (Lipinski definition) is 7. The maximum absolute atomic E-state index is 13.8. The molecule has 1 aliphatic heterocycles. The molecule has 32 heavy (non-hydrogen) atoms. The highest BCUT2D eigenvalue weighted by Gasteiger charge is 2.21. The minimum atomic E-state index is -0.817. The molecule has 10 heteroatoms. The van der Waals surface area contributed by atoms with Crippen molar-refractivity contribution in [2.45, 2.75) is 18.0 Å². The van der Waals surface area contributed by atoms with Gasteiger partial charge in [-0.05, 0) is 29.7 Å². The molecule has 2 aromatic heterocycles. The second kappa shape index (κ2) is 8.79. The number of hydrogen-bond donors (Lipinski definition) is 1. The van der Waals surface area contributed by atoms with E-state index < -0.39 is 17.5 Å². The zero-order valence-corrected chi connectivity index (χ0v) is 18.3. The predicted molar refractivity (Wildman–Crippen MR) is 122 cm³/mol. The molecule has 5 rings (SSSR count).